The summed E-state index contributed by atoms with van der Waals surface area (Å²) in [4.78, 5) is 12.0. The van der Waals surface area contributed by atoms with E-state index in [4.69, 9.17) is 22.7 Å². The lowest BCUT2D eigenvalue weighted by Crippen LogP contribution is -2.23. The van der Waals surface area contributed by atoms with Gasteiger partial charge >= 0.3 is 0 Å². The van der Waals surface area contributed by atoms with E-state index in [-0.39, 0.29) is 5.56 Å². The summed E-state index contributed by atoms with van der Waals surface area (Å²) in [6.45, 7) is 2.89. The van der Waals surface area contributed by atoms with Gasteiger partial charge in [-0.2, -0.15) is 5.10 Å². The Morgan fingerprint density at radius 2 is 2.10 bits per heavy atom. The molecule has 5 nitrogen and oxygen atoms in total. The van der Waals surface area contributed by atoms with Crippen molar-refractivity contribution in [1.29, 1.82) is 0 Å². The van der Waals surface area contributed by atoms with E-state index in [1.165, 1.54) is 4.68 Å². The molecular formula is C15H17N3O2S. The average Bonchev–Trinajstić information content (AvgIpc) is 2.46. The van der Waals surface area contributed by atoms with Crippen LogP contribution in [0.25, 0.3) is 0 Å². The molecule has 2 aromatic rings. The van der Waals surface area contributed by atoms with Crippen LogP contribution in [0, 0.1) is 6.92 Å². The molecule has 1 aromatic heterocycles. The van der Waals surface area contributed by atoms with Gasteiger partial charge in [-0.1, -0.05) is 12.2 Å². The third kappa shape index (κ3) is 4.39. The molecule has 2 rings (SSSR count). The maximum absolute atomic E-state index is 11.6. The molecule has 0 spiro atoms. The molecular weight excluding hydrogens is 286 g/mol. The van der Waals surface area contributed by atoms with E-state index in [0.29, 0.717) is 24.6 Å². The maximum Gasteiger partial charge on any atom is 0.266 e. The molecule has 0 amide bonds. The van der Waals surface area contributed by atoms with Crippen molar-refractivity contribution < 1.29 is 4.74 Å². The van der Waals surface area contributed by atoms with Crippen LogP contribution in [-0.2, 0) is 6.54 Å². The van der Waals surface area contributed by atoms with Gasteiger partial charge < -0.3 is 10.5 Å². The van der Waals surface area contributed by atoms with Gasteiger partial charge in [-0.25, -0.2) is 4.68 Å². The Bertz CT molecular complexity index is 680. The second kappa shape index (κ2) is 6.99. The number of aryl methyl sites for hydroxylation is 2. The number of benzene rings is 1. The van der Waals surface area contributed by atoms with Crippen LogP contribution in [0.2, 0.25) is 0 Å². The molecule has 21 heavy (non-hydrogen) atoms. The number of nitrogens with two attached hydrogens (primary N) is 1. The predicted octanol–water partition coefficient (Wildman–Crippen LogP) is 1.66. The first-order chi connectivity index (χ1) is 10.1. The van der Waals surface area contributed by atoms with Gasteiger partial charge in [0.2, 0.25) is 0 Å². The summed E-state index contributed by atoms with van der Waals surface area (Å²) in [6.07, 6.45) is 2.38. The van der Waals surface area contributed by atoms with Gasteiger partial charge in [0.1, 0.15) is 10.7 Å². The second-order valence-corrected chi connectivity index (χ2v) is 5.12. The topological polar surface area (TPSA) is 70.1 Å². The van der Waals surface area contributed by atoms with Crippen molar-refractivity contribution in [3.8, 4) is 5.75 Å². The summed E-state index contributed by atoms with van der Waals surface area (Å²) in [5, 5.41) is 4.07. The first-order valence-corrected chi connectivity index (χ1v) is 7.03. The number of hydrogen-bond acceptors (Lipinski definition) is 4. The van der Waals surface area contributed by atoms with Gasteiger partial charge in [0.05, 0.1) is 12.8 Å². The molecule has 0 unspecified atom stereocenters. The van der Waals surface area contributed by atoms with Crippen molar-refractivity contribution in [2.24, 2.45) is 5.73 Å². The van der Waals surface area contributed by atoms with E-state index in [0.717, 1.165) is 16.9 Å². The Kier molecular flexibility index (Phi) is 5.05. The largest absolute Gasteiger partial charge is 0.494 e. The van der Waals surface area contributed by atoms with Crippen molar-refractivity contribution in [3.63, 3.8) is 0 Å². The van der Waals surface area contributed by atoms with Crippen LogP contribution < -0.4 is 16.0 Å². The number of hydrogen-bond donors (Lipinski definition) is 1. The van der Waals surface area contributed by atoms with Gasteiger partial charge in [0.15, 0.2) is 0 Å². The lowest BCUT2D eigenvalue weighted by Gasteiger charge is -2.08. The first-order valence-electron chi connectivity index (χ1n) is 6.63. The minimum Gasteiger partial charge on any atom is -0.494 e. The standard InChI is InChI=1S/C15H17N3O2S/c1-11-9-14(19)18(17-10-11)7-2-8-20-13-5-3-12(4-6-13)15(16)21/h3-6,9-10H,2,7-8H2,1H3,(H2,16,21). The minimum atomic E-state index is -0.0872. The predicted molar refractivity (Wildman–Crippen MR) is 85.7 cm³/mol. The molecule has 110 valence electrons. The van der Waals surface area contributed by atoms with Gasteiger partial charge in [-0.05, 0) is 36.8 Å². The molecule has 0 radical (unpaired) electrons. The smallest absolute Gasteiger partial charge is 0.266 e. The summed E-state index contributed by atoms with van der Waals surface area (Å²) in [5.41, 5.74) is 7.12. The highest BCUT2D eigenvalue weighted by Crippen LogP contribution is 2.12. The van der Waals surface area contributed by atoms with Gasteiger partial charge in [-0.15, -0.1) is 0 Å². The quantitative estimate of drug-likeness (QED) is 0.649. The highest BCUT2D eigenvalue weighted by molar-refractivity contribution is 7.80. The number of aromatic nitrogens is 2. The van der Waals surface area contributed by atoms with E-state index in [1.807, 2.05) is 31.2 Å². The van der Waals surface area contributed by atoms with Gasteiger partial charge in [-0.3, -0.25) is 4.79 Å². The maximum atomic E-state index is 11.6. The molecule has 0 aliphatic heterocycles. The summed E-state index contributed by atoms with van der Waals surface area (Å²) in [5.74, 6) is 0.749. The molecule has 0 saturated heterocycles. The van der Waals surface area contributed by atoms with Crippen LogP contribution in [-0.4, -0.2) is 21.4 Å². The van der Waals surface area contributed by atoms with Gasteiger partial charge in [0.25, 0.3) is 5.56 Å². The zero-order valence-electron chi connectivity index (χ0n) is 11.8. The number of ether oxygens (including phenoxy) is 1. The summed E-state index contributed by atoms with van der Waals surface area (Å²) >= 11 is 4.88. The third-order valence-corrected chi connectivity index (χ3v) is 3.16. The van der Waals surface area contributed by atoms with Crippen molar-refractivity contribution in [2.75, 3.05) is 6.61 Å². The van der Waals surface area contributed by atoms with Gasteiger partial charge in [0, 0.05) is 24.6 Å². The molecule has 2 N–H and O–H groups in total. The van der Waals surface area contributed by atoms with Crippen LogP contribution in [0.3, 0.4) is 0 Å². The summed E-state index contributed by atoms with van der Waals surface area (Å²) < 4.78 is 7.04. The summed E-state index contributed by atoms with van der Waals surface area (Å²) in [7, 11) is 0. The van der Waals surface area contributed by atoms with Crippen LogP contribution >= 0.6 is 12.2 Å². The summed E-state index contributed by atoms with van der Waals surface area (Å²) in [6, 6.07) is 8.87. The van der Waals surface area contributed by atoms with E-state index in [2.05, 4.69) is 5.10 Å². The lowest BCUT2D eigenvalue weighted by molar-refractivity contribution is 0.297. The fourth-order valence-electron chi connectivity index (χ4n) is 1.81. The SMILES string of the molecule is Cc1cnn(CCCOc2ccc(C(N)=S)cc2)c(=O)c1. The molecule has 0 saturated carbocycles. The highest BCUT2D eigenvalue weighted by atomic mass is 32.1. The van der Waals surface area contributed by atoms with E-state index in [1.54, 1.807) is 12.3 Å². The fourth-order valence-corrected chi connectivity index (χ4v) is 1.95. The van der Waals surface area contributed by atoms with Crippen LogP contribution in [0.4, 0.5) is 0 Å². The number of thiocarbonyl (C=S) groups is 1. The number of nitrogens with zero attached hydrogens (tertiary/aromatic N) is 2. The van der Waals surface area contributed by atoms with Crippen LogP contribution in [0.5, 0.6) is 5.75 Å². The Hall–Kier alpha value is -2.21. The fraction of sp³-hybridized carbons (Fsp3) is 0.267. The van der Waals surface area contributed by atoms with Crippen LogP contribution in [0.15, 0.2) is 41.3 Å². The van der Waals surface area contributed by atoms with Crippen molar-refractivity contribution in [1.82, 2.24) is 9.78 Å². The molecule has 0 atom stereocenters. The van der Waals surface area contributed by atoms with Crippen molar-refractivity contribution in [3.05, 3.63) is 58.0 Å². The molecule has 0 fully saturated rings. The molecule has 1 aromatic carbocycles. The Labute approximate surface area is 128 Å². The highest BCUT2D eigenvalue weighted by Gasteiger charge is 2.00. The van der Waals surface area contributed by atoms with Crippen molar-refractivity contribution >= 4 is 17.2 Å². The lowest BCUT2D eigenvalue weighted by atomic mass is 10.2. The molecule has 0 aliphatic rings. The average molecular weight is 303 g/mol. The first kappa shape index (κ1) is 15.2. The number of rotatable bonds is 6. The molecule has 1 heterocycles. The normalized spacial score (nSPS) is 10.3. The second-order valence-electron chi connectivity index (χ2n) is 4.68. The van der Waals surface area contributed by atoms with E-state index < -0.39 is 0 Å². The Morgan fingerprint density at radius 3 is 2.71 bits per heavy atom. The minimum absolute atomic E-state index is 0.0872. The van der Waals surface area contributed by atoms with E-state index in [9.17, 15) is 4.79 Å². The van der Waals surface area contributed by atoms with Crippen LogP contribution in [0.1, 0.15) is 17.5 Å². The zero-order valence-corrected chi connectivity index (χ0v) is 12.6. The Balaban J connectivity index is 1.81. The monoisotopic (exact) mass is 303 g/mol. The molecule has 0 aliphatic carbocycles. The third-order valence-electron chi connectivity index (χ3n) is 2.93. The zero-order chi connectivity index (χ0) is 15.2. The Morgan fingerprint density at radius 1 is 1.38 bits per heavy atom. The van der Waals surface area contributed by atoms with Crippen molar-refractivity contribution in [2.45, 2.75) is 19.9 Å². The molecule has 0 bridgehead atoms. The molecule has 6 heteroatoms. The van der Waals surface area contributed by atoms with E-state index >= 15 is 0 Å².